The van der Waals surface area contributed by atoms with Gasteiger partial charge in [0.15, 0.2) is 5.65 Å². The summed E-state index contributed by atoms with van der Waals surface area (Å²) in [5.74, 6) is 2.29. The largest absolute Gasteiger partial charge is 0.444 e. The van der Waals surface area contributed by atoms with E-state index in [1.807, 2.05) is 45.0 Å². The van der Waals surface area contributed by atoms with Crippen molar-refractivity contribution in [2.75, 3.05) is 23.3 Å². The molecule has 6 rings (SSSR count). The van der Waals surface area contributed by atoms with Crippen LogP contribution < -0.4 is 15.5 Å². The Bertz CT molecular complexity index is 1410. The third-order valence-electron chi connectivity index (χ3n) is 6.34. The van der Waals surface area contributed by atoms with Crippen LogP contribution >= 0.6 is 15.9 Å². The van der Waals surface area contributed by atoms with Gasteiger partial charge < -0.3 is 25.3 Å². The van der Waals surface area contributed by atoms with E-state index in [9.17, 15) is 4.79 Å². The van der Waals surface area contributed by atoms with Crippen molar-refractivity contribution in [2.45, 2.75) is 44.9 Å². The second kappa shape index (κ2) is 7.80. The average molecular weight is 540 g/mol. The molecular formula is C23H26BrN9O2. The number of para-hydroxylation sites is 2. The van der Waals surface area contributed by atoms with Gasteiger partial charge in [-0.05, 0) is 55.3 Å². The zero-order valence-electron chi connectivity index (χ0n) is 19.7. The summed E-state index contributed by atoms with van der Waals surface area (Å²) in [7, 11) is 0. The first-order chi connectivity index (χ1) is 16.7. The number of aromatic nitrogens is 6. The molecule has 0 spiro atoms. The molecule has 1 aliphatic carbocycles. The summed E-state index contributed by atoms with van der Waals surface area (Å²) in [6, 6.07) is 7.91. The number of hydrogen-bond donors (Lipinski definition) is 3. The SMILES string of the molecule is CC(C)(C)OC(=O)NC12CC1CN(c1nc(NCc3nc4ccccc4[nH]3)n3ncc(Br)c3n1)C2. The Morgan fingerprint density at radius 2 is 2.11 bits per heavy atom. The lowest BCUT2D eigenvalue weighted by Gasteiger charge is -2.24. The third-order valence-corrected chi connectivity index (χ3v) is 6.90. The fourth-order valence-corrected chi connectivity index (χ4v) is 5.03. The Balaban J connectivity index is 1.23. The summed E-state index contributed by atoms with van der Waals surface area (Å²) in [6.07, 6.45) is 2.25. The predicted molar refractivity (Wildman–Crippen MR) is 134 cm³/mol. The molecule has 2 fully saturated rings. The molecule has 1 aliphatic heterocycles. The number of benzene rings is 1. The topological polar surface area (TPSA) is 125 Å². The van der Waals surface area contributed by atoms with E-state index in [2.05, 4.69) is 46.5 Å². The predicted octanol–water partition coefficient (Wildman–Crippen LogP) is 3.48. The van der Waals surface area contributed by atoms with Crippen LogP contribution in [0, 0.1) is 5.92 Å². The van der Waals surface area contributed by atoms with Gasteiger partial charge in [-0.3, -0.25) is 0 Å². The molecule has 12 heteroatoms. The molecule has 1 amide bonds. The van der Waals surface area contributed by atoms with Crippen LogP contribution in [0.15, 0.2) is 34.9 Å². The number of fused-ring (bicyclic) bond motifs is 3. The smallest absolute Gasteiger partial charge is 0.408 e. The fourth-order valence-electron chi connectivity index (χ4n) is 4.68. The van der Waals surface area contributed by atoms with E-state index >= 15 is 0 Å². The number of piperidine rings is 1. The first-order valence-electron chi connectivity index (χ1n) is 11.5. The molecule has 3 N–H and O–H groups in total. The highest BCUT2D eigenvalue weighted by Gasteiger charge is 2.62. The molecule has 2 aliphatic rings. The van der Waals surface area contributed by atoms with Crippen molar-refractivity contribution in [1.29, 1.82) is 0 Å². The Morgan fingerprint density at radius 1 is 1.29 bits per heavy atom. The van der Waals surface area contributed by atoms with Crippen molar-refractivity contribution in [1.82, 2.24) is 34.9 Å². The van der Waals surface area contributed by atoms with E-state index in [0.29, 0.717) is 36.6 Å². The maximum atomic E-state index is 12.4. The Hall–Kier alpha value is -3.41. The quantitative estimate of drug-likeness (QED) is 0.352. The highest BCUT2D eigenvalue weighted by molar-refractivity contribution is 9.10. The number of hydrogen-bond acceptors (Lipinski definition) is 8. The summed E-state index contributed by atoms with van der Waals surface area (Å²) in [5, 5.41) is 10.9. The number of aromatic amines is 1. The minimum Gasteiger partial charge on any atom is -0.444 e. The number of H-pyrrole nitrogens is 1. The first-order valence-corrected chi connectivity index (χ1v) is 12.3. The van der Waals surface area contributed by atoms with Crippen molar-refractivity contribution >= 4 is 50.6 Å². The molecule has 0 bridgehead atoms. The molecule has 1 saturated carbocycles. The molecule has 182 valence electrons. The molecule has 2 atom stereocenters. The number of alkyl carbamates (subject to hydrolysis) is 1. The molecule has 0 radical (unpaired) electrons. The Labute approximate surface area is 209 Å². The van der Waals surface area contributed by atoms with Crippen LogP contribution in [0.4, 0.5) is 16.7 Å². The van der Waals surface area contributed by atoms with Gasteiger partial charge in [0.2, 0.25) is 11.9 Å². The summed E-state index contributed by atoms with van der Waals surface area (Å²) in [5.41, 5.74) is 1.73. The normalized spacial score (nSPS) is 21.4. The molecule has 11 nitrogen and oxygen atoms in total. The van der Waals surface area contributed by atoms with Crippen LogP contribution in [-0.4, -0.2) is 59.9 Å². The van der Waals surface area contributed by atoms with E-state index in [-0.39, 0.29) is 11.6 Å². The summed E-state index contributed by atoms with van der Waals surface area (Å²) in [4.78, 5) is 32.0. The van der Waals surface area contributed by atoms with Crippen LogP contribution in [0.25, 0.3) is 16.7 Å². The highest BCUT2D eigenvalue weighted by Crippen LogP contribution is 2.50. The van der Waals surface area contributed by atoms with Crippen molar-refractivity contribution < 1.29 is 9.53 Å². The fraction of sp³-hybridized carbons (Fsp3) is 0.435. The van der Waals surface area contributed by atoms with Gasteiger partial charge in [0.1, 0.15) is 11.4 Å². The molecular weight excluding hydrogens is 514 g/mol. The highest BCUT2D eigenvalue weighted by atomic mass is 79.9. The second-order valence-corrected chi connectivity index (χ2v) is 11.0. The summed E-state index contributed by atoms with van der Waals surface area (Å²) in [6.45, 7) is 7.43. The molecule has 3 aromatic heterocycles. The molecule has 4 aromatic rings. The average Bonchev–Trinajstić information content (AvgIpc) is 3.14. The van der Waals surface area contributed by atoms with E-state index in [1.165, 1.54) is 0 Å². The Morgan fingerprint density at radius 3 is 2.91 bits per heavy atom. The molecule has 4 heterocycles. The van der Waals surface area contributed by atoms with Gasteiger partial charge in [0.05, 0.1) is 33.8 Å². The van der Waals surface area contributed by atoms with Gasteiger partial charge in [0.25, 0.3) is 0 Å². The van der Waals surface area contributed by atoms with Crippen molar-refractivity contribution in [3.63, 3.8) is 0 Å². The first kappa shape index (κ1) is 22.1. The maximum Gasteiger partial charge on any atom is 0.408 e. The zero-order chi connectivity index (χ0) is 24.4. The maximum absolute atomic E-state index is 12.4. The number of carbonyl (C=O) groups is 1. The number of carbonyl (C=O) groups excluding carboxylic acids is 1. The zero-order valence-corrected chi connectivity index (χ0v) is 21.3. The number of anilines is 2. The number of halogens is 1. The van der Waals surface area contributed by atoms with E-state index in [1.54, 1.807) is 10.7 Å². The van der Waals surface area contributed by atoms with Gasteiger partial charge in [-0.25, -0.2) is 9.78 Å². The van der Waals surface area contributed by atoms with E-state index in [0.717, 1.165) is 34.3 Å². The number of nitrogens with one attached hydrogen (secondary N) is 3. The van der Waals surface area contributed by atoms with Crippen LogP contribution in [0.2, 0.25) is 0 Å². The summed E-state index contributed by atoms with van der Waals surface area (Å²) >= 11 is 3.54. The number of imidazole rings is 1. The lowest BCUT2D eigenvalue weighted by Crippen LogP contribution is -2.44. The Kier molecular flexibility index (Phi) is 4.92. The lowest BCUT2D eigenvalue weighted by atomic mass is 10.2. The van der Waals surface area contributed by atoms with E-state index in [4.69, 9.17) is 14.7 Å². The standard InChI is InChI=1S/C23H26BrN9O2/c1-22(2,3)35-21(34)31-23-8-13(23)11-32(12-23)20-29-18-14(24)9-26-33(18)19(30-20)25-10-17-27-15-6-4-5-7-16(15)28-17/h4-7,9,13H,8,10-12H2,1-3H3,(H,27,28)(H,31,34)(H,25,29,30). The van der Waals surface area contributed by atoms with Crippen LogP contribution in [-0.2, 0) is 11.3 Å². The third kappa shape index (κ3) is 4.15. The van der Waals surface area contributed by atoms with Crippen LogP contribution in [0.1, 0.15) is 33.0 Å². The number of rotatable bonds is 5. The van der Waals surface area contributed by atoms with Crippen molar-refractivity contribution in [3.05, 3.63) is 40.8 Å². The minimum absolute atomic E-state index is 0.294. The van der Waals surface area contributed by atoms with Gasteiger partial charge in [-0.2, -0.15) is 19.6 Å². The number of nitrogens with zero attached hydrogens (tertiary/aromatic N) is 6. The molecule has 35 heavy (non-hydrogen) atoms. The van der Waals surface area contributed by atoms with Gasteiger partial charge in [0, 0.05) is 19.0 Å². The monoisotopic (exact) mass is 539 g/mol. The van der Waals surface area contributed by atoms with Gasteiger partial charge in [-0.1, -0.05) is 12.1 Å². The van der Waals surface area contributed by atoms with Crippen molar-refractivity contribution in [2.24, 2.45) is 5.92 Å². The summed E-state index contributed by atoms with van der Waals surface area (Å²) < 4.78 is 7.92. The second-order valence-electron chi connectivity index (χ2n) is 10.2. The van der Waals surface area contributed by atoms with E-state index < -0.39 is 5.60 Å². The molecule has 2 unspecified atom stereocenters. The number of ether oxygens (including phenoxy) is 1. The van der Waals surface area contributed by atoms with Gasteiger partial charge in [-0.15, -0.1) is 0 Å². The molecule has 1 saturated heterocycles. The lowest BCUT2D eigenvalue weighted by molar-refractivity contribution is 0.0498. The van der Waals surface area contributed by atoms with Crippen LogP contribution in [0.5, 0.6) is 0 Å². The van der Waals surface area contributed by atoms with Gasteiger partial charge >= 0.3 is 6.09 Å². The molecule has 1 aromatic carbocycles. The minimum atomic E-state index is -0.535. The van der Waals surface area contributed by atoms with Crippen LogP contribution in [0.3, 0.4) is 0 Å². The number of amides is 1. The van der Waals surface area contributed by atoms with Crippen molar-refractivity contribution in [3.8, 4) is 0 Å².